The molecule has 0 saturated carbocycles. The molecule has 0 saturated heterocycles. The maximum Gasteiger partial charge on any atom is 0.308 e. The Labute approximate surface area is 292 Å². The Balaban J connectivity index is 4.88. The van der Waals surface area contributed by atoms with Crippen LogP contribution in [0.2, 0.25) is 0 Å². The van der Waals surface area contributed by atoms with Crippen LogP contribution in [0.3, 0.4) is 0 Å². The molecule has 7 atom stereocenters. The van der Waals surface area contributed by atoms with Crippen molar-refractivity contribution in [2.75, 3.05) is 66.1 Å². The summed E-state index contributed by atoms with van der Waals surface area (Å²) in [5, 5.41) is 27.8. The van der Waals surface area contributed by atoms with Crippen molar-refractivity contribution in [1.82, 2.24) is 0 Å². The minimum atomic E-state index is -0.632. The highest BCUT2D eigenvalue weighted by molar-refractivity contribution is 5.70. The van der Waals surface area contributed by atoms with E-state index in [1.807, 2.05) is 20.8 Å². The first-order valence-corrected chi connectivity index (χ1v) is 17.5. The topological polar surface area (TPSA) is 195 Å². The first-order valence-electron chi connectivity index (χ1n) is 17.5. The second-order valence-electron chi connectivity index (χ2n) is 12.1. The fraction of sp³-hybridized carbons (Fsp3) is 0.912. The summed E-state index contributed by atoms with van der Waals surface area (Å²) in [6.07, 6.45) is -2.11. The summed E-state index contributed by atoms with van der Waals surface area (Å²) in [5.74, 6) is -1.34. The van der Waals surface area contributed by atoms with E-state index in [0.29, 0.717) is 19.3 Å². The number of aliphatic hydroxyl groups excluding tert-OH is 3. The lowest BCUT2D eigenvalue weighted by Crippen LogP contribution is -2.32. The highest BCUT2D eigenvalue weighted by Crippen LogP contribution is 2.10. The number of ether oxygens (including phenoxy) is 9. The molecular weight excluding hydrogens is 648 g/mol. The van der Waals surface area contributed by atoms with E-state index >= 15 is 0 Å². The van der Waals surface area contributed by atoms with E-state index in [4.69, 9.17) is 47.7 Å². The first-order chi connectivity index (χ1) is 23.3. The summed E-state index contributed by atoms with van der Waals surface area (Å²) in [4.78, 5) is 36.9. The van der Waals surface area contributed by atoms with Crippen molar-refractivity contribution in [3.05, 3.63) is 0 Å². The molecule has 0 fully saturated rings. The molecule has 7 unspecified atom stereocenters. The van der Waals surface area contributed by atoms with Crippen LogP contribution in [0.1, 0.15) is 87.0 Å². The number of esters is 3. The normalized spacial score (nSPS) is 16.5. The smallest absolute Gasteiger partial charge is 0.308 e. The van der Waals surface area contributed by atoms with Crippen LogP contribution in [0.25, 0.3) is 0 Å². The van der Waals surface area contributed by atoms with Gasteiger partial charge in [-0.1, -0.05) is 20.8 Å². The van der Waals surface area contributed by atoms with Gasteiger partial charge in [-0.05, 0) is 47.0 Å². The van der Waals surface area contributed by atoms with E-state index in [1.54, 1.807) is 27.7 Å². The highest BCUT2D eigenvalue weighted by Gasteiger charge is 2.20. The average molecular weight is 713 g/mol. The van der Waals surface area contributed by atoms with Crippen LogP contribution < -0.4 is 0 Å². The van der Waals surface area contributed by atoms with E-state index in [1.165, 1.54) is 0 Å². The van der Waals surface area contributed by atoms with E-state index in [-0.39, 0.29) is 104 Å². The molecule has 0 aliphatic heterocycles. The summed E-state index contributed by atoms with van der Waals surface area (Å²) in [7, 11) is 0. The average Bonchev–Trinajstić information content (AvgIpc) is 3.04. The van der Waals surface area contributed by atoms with Crippen molar-refractivity contribution in [2.24, 2.45) is 0 Å². The Morgan fingerprint density at radius 2 is 0.918 bits per heavy atom. The van der Waals surface area contributed by atoms with Crippen LogP contribution >= 0.6 is 0 Å². The van der Waals surface area contributed by atoms with Crippen LogP contribution in [-0.2, 0) is 57.0 Å². The van der Waals surface area contributed by atoms with Gasteiger partial charge in [0, 0.05) is 0 Å². The lowest BCUT2D eigenvalue weighted by atomic mass is 10.2. The fourth-order valence-electron chi connectivity index (χ4n) is 4.21. The van der Waals surface area contributed by atoms with Crippen LogP contribution in [0.5, 0.6) is 0 Å². The van der Waals surface area contributed by atoms with Gasteiger partial charge in [-0.3, -0.25) is 14.4 Å². The molecule has 0 bridgehead atoms. The summed E-state index contributed by atoms with van der Waals surface area (Å²) in [5.41, 5.74) is 0. The molecular formula is C34H64O15. The van der Waals surface area contributed by atoms with E-state index in [2.05, 4.69) is 0 Å². The van der Waals surface area contributed by atoms with Crippen molar-refractivity contribution in [3.8, 4) is 0 Å². The minimum absolute atomic E-state index is 0.0146. The maximum atomic E-state index is 12.4. The van der Waals surface area contributed by atoms with Crippen molar-refractivity contribution >= 4 is 17.9 Å². The predicted octanol–water partition coefficient (Wildman–Crippen LogP) is 2.12. The van der Waals surface area contributed by atoms with Gasteiger partial charge in [0.05, 0.1) is 109 Å². The number of carbonyl (C=O) groups is 3. The van der Waals surface area contributed by atoms with Gasteiger partial charge in [-0.2, -0.15) is 0 Å². The Morgan fingerprint density at radius 3 is 1.33 bits per heavy atom. The number of rotatable bonds is 32. The molecule has 0 aromatic rings. The zero-order valence-corrected chi connectivity index (χ0v) is 30.7. The van der Waals surface area contributed by atoms with Gasteiger partial charge in [0.15, 0.2) is 0 Å². The summed E-state index contributed by atoms with van der Waals surface area (Å²) in [6, 6.07) is 0. The molecule has 0 aliphatic rings. The largest absolute Gasteiger partial charge is 0.463 e. The van der Waals surface area contributed by atoms with Gasteiger partial charge in [-0.25, -0.2) is 0 Å². The molecule has 15 heteroatoms. The number of hydrogen-bond donors (Lipinski definition) is 3. The zero-order valence-electron chi connectivity index (χ0n) is 30.7. The highest BCUT2D eigenvalue weighted by atomic mass is 16.6. The molecule has 0 rings (SSSR count). The number of carbonyl (C=O) groups excluding carboxylic acids is 3. The third-order valence-electron chi connectivity index (χ3n) is 6.82. The second-order valence-corrected chi connectivity index (χ2v) is 12.1. The van der Waals surface area contributed by atoms with Crippen LogP contribution in [0.4, 0.5) is 0 Å². The molecule has 0 radical (unpaired) electrons. The van der Waals surface area contributed by atoms with Crippen molar-refractivity contribution in [3.63, 3.8) is 0 Å². The van der Waals surface area contributed by atoms with Crippen molar-refractivity contribution in [2.45, 2.75) is 136 Å². The van der Waals surface area contributed by atoms with E-state index < -0.39 is 48.4 Å². The van der Waals surface area contributed by atoms with Crippen molar-refractivity contribution in [1.29, 1.82) is 0 Å². The van der Waals surface area contributed by atoms with E-state index in [9.17, 15) is 24.6 Å². The lowest BCUT2D eigenvalue weighted by molar-refractivity contribution is -0.158. The summed E-state index contributed by atoms with van der Waals surface area (Å²) < 4.78 is 50.0. The monoisotopic (exact) mass is 712 g/mol. The van der Waals surface area contributed by atoms with Gasteiger partial charge < -0.3 is 58.0 Å². The van der Waals surface area contributed by atoms with Gasteiger partial charge in [-0.15, -0.1) is 0 Å². The third-order valence-corrected chi connectivity index (χ3v) is 6.82. The van der Waals surface area contributed by atoms with Crippen LogP contribution in [0.15, 0.2) is 0 Å². The lowest BCUT2D eigenvalue weighted by Gasteiger charge is -2.22. The summed E-state index contributed by atoms with van der Waals surface area (Å²) in [6.45, 7) is 12.9. The molecule has 290 valence electrons. The molecule has 0 aromatic carbocycles. The van der Waals surface area contributed by atoms with E-state index in [0.717, 1.165) is 0 Å². The minimum Gasteiger partial charge on any atom is -0.463 e. The molecule has 0 aromatic heterocycles. The van der Waals surface area contributed by atoms with Gasteiger partial charge in [0.2, 0.25) is 0 Å². The first kappa shape index (κ1) is 47.0. The second kappa shape index (κ2) is 29.7. The quantitative estimate of drug-likeness (QED) is 0.0521. The molecule has 3 N–H and O–H groups in total. The zero-order chi connectivity index (χ0) is 37.0. The molecule has 0 spiro atoms. The van der Waals surface area contributed by atoms with Crippen molar-refractivity contribution < 1.29 is 72.3 Å². The maximum absolute atomic E-state index is 12.4. The standard InChI is InChI=1S/C34H64O15/c1-8-28(43-12-11-35)15-32(38)45-14-13-44-31(22-41-20-26(6)48-33(39)16-29(9-2)46-18-24(4)36)23-42-21-27(7)49-34(40)17-30(10-3)47-19-25(5)37/h24-31,35-37H,8-23H2,1-7H3. The Kier molecular flexibility index (Phi) is 28.6. The SMILES string of the molecule is CCC(CC(=O)OCCOC(COCC(C)OC(=O)CC(CC)OCC(C)O)COCC(C)OC(=O)CC(CC)OCC(C)O)OCCO. The Morgan fingerprint density at radius 1 is 0.510 bits per heavy atom. The number of hydrogen-bond acceptors (Lipinski definition) is 15. The molecule has 49 heavy (non-hydrogen) atoms. The van der Waals surface area contributed by atoms with Gasteiger partial charge in [0.1, 0.15) is 24.9 Å². The Hall–Kier alpha value is -1.95. The fourth-order valence-corrected chi connectivity index (χ4v) is 4.21. The number of aliphatic hydroxyl groups is 3. The molecule has 0 heterocycles. The predicted molar refractivity (Wildman–Crippen MR) is 178 cm³/mol. The molecule has 15 nitrogen and oxygen atoms in total. The van der Waals surface area contributed by atoms with Gasteiger partial charge in [0.25, 0.3) is 0 Å². The van der Waals surface area contributed by atoms with Crippen LogP contribution in [0, 0.1) is 0 Å². The third kappa shape index (κ3) is 27.5. The molecule has 0 amide bonds. The Bertz CT molecular complexity index is 792. The van der Waals surface area contributed by atoms with Crippen LogP contribution in [-0.4, -0.2) is 148 Å². The summed E-state index contributed by atoms with van der Waals surface area (Å²) >= 11 is 0. The molecule has 0 aliphatic carbocycles. The van der Waals surface area contributed by atoms with Gasteiger partial charge >= 0.3 is 17.9 Å².